The van der Waals surface area contributed by atoms with E-state index in [1.165, 1.54) is 0 Å². The summed E-state index contributed by atoms with van der Waals surface area (Å²) in [4.78, 5) is 10.9. The van der Waals surface area contributed by atoms with Crippen molar-refractivity contribution in [2.24, 2.45) is 0 Å². The molecule has 1 saturated carbocycles. The Labute approximate surface area is 140 Å². The van der Waals surface area contributed by atoms with Gasteiger partial charge in [-0.05, 0) is 24.6 Å². The van der Waals surface area contributed by atoms with Crippen LogP contribution in [0.4, 0.5) is 0 Å². The summed E-state index contributed by atoms with van der Waals surface area (Å²) >= 11 is 3.90. The van der Waals surface area contributed by atoms with Crippen LogP contribution in [0.15, 0.2) is 18.2 Å². The first kappa shape index (κ1) is 15.3. The maximum atomic E-state index is 10.9. The smallest absolute Gasteiger partial charge is 0.229 e. The van der Waals surface area contributed by atoms with Crippen LogP contribution < -0.4 is 13.0 Å². The van der Waals surface area contributed by atoms with Crippen molar-refractivity contribution in [1.29, 1.82) is 0 Å². The summed E-state index contributed by atoms with van der Waals surface area (Å²) in [7, 11) is 0. The van der Waals surface area contributed by atoms with E-state index in [1.54, 1.807) is 22.6 Å². The van der Waals surface area contributed by atoms with Gasteiger partial charge >= 0.3 is 0 Å². The number of halogens is 2. The van der Waals surface area contributed by atoms with Crippen molar-refractivity contribution in [2.75, 3.05) is 6.61 Å². The summed E-state index contributed by atoms with van der Waals surface area (Å²) in [6.45, 7) is 2.08. The molecule has 0 unspecified atom stereocenters. The molecule has 6 heteroatoms. The summed E-state index contributed by atoms with van der Waals surface area (Å²) in [5, 5.41) is 0. The van der Waals surface area contributed by atoms with E-state index < -0.39 is 0 Å². The van der Waals surface area contributed by atoms with Crippen molar-refractivity contribution in [2.45, 2.75) is 31.9 Å². The van der Waals surface area contributed by atoms with Gasteiger partial charge in [-0.1, -0.05) is 0 Å². The first-order valence-corrected chi connectivity index (χ1v) is 8.18. The Bertz CT molecular complexity index is 461. The molecule has 0 atom stereocenters. The number of aryl methyl sites for hydroxylation is 1. The fourth-order valence-corrected chi connectivity index (χ4v) is 2.61. The summed E-state index contributed by atoms with van der Waals surface area (Å²) in [6.07, 6.45) is 2.33. The standard InChI is InChI=1S/C13H15I2NO3/c1-8-2-10(18-7-13(14)17)6-11(3-8)19-12-4-9(5-12)16-15/h2-3,6,9,12,16H,4-5,7H2,1H3. The summed E-state index contributed by atoms with van der Waals surface area (Å²) in [5.74, 6) is 1.50. The zero-order valence-electron chi connectivity index (χ0n) is 10.5. The number of carbonyl (C=O) groups excluding carboxylic acids is 1. The number of carbonyl (C=O) groups is 1. The lowest BCUT2D eigenvalue weighted by Gasteiger charge is -2.34. The number of benzene rings is 1. The molecule has 1 aromatic rings. The molecule has 2 rings (SSSR count). The van der Waals surface area contributed by atoms with Crippen LogP contribution in [-0.2, 0) is 4.79 Å². The van der Waals surface area contributed by atoms with Gasteiger partial charge in [0.05, 0.1) is 0 Å². The van der Waals surface area contributed by atoms with Crippen LogP contribution >= 0.6 is 45.5 Å². The van der Waals surface area contributed by atoms with E-state index in [9.17, 15) is 4.79 Å². The van der Waals surface area contributed by atoms with E-state index in [4.69, 9.17) is 9.47 Å². The van der Waals surface area contributed by atoms with E-state index in [1.807, 2.05) is 25.1 Å². The Balaban J connectivity index is 1.95. The van der Waals surface area contributed by atoms with Crippen molar-refractivity contribution in [3.8, 4) is 11.5 Å². The van der Waals surface area contributed by atoms with Crippen molar-refractivity contribution in [3.63, 3.8) is 0 Å². The third kappa shape index (κ3) is 4.75. The Morgan fingerprint density at radius 1 is 1.37 bits per heavy atom. The van der Waals surface area contributed by atoms with E-state index in [0.717, 1.165) is 24.2 Å². The predicted molar refractivity (Wildman–Crippen MR) is 90.3 cm³/mol. The van der Waals surface area contributed by atoms with Gasteiger partial charge in [-0.2, -0.15) is 0 Å². The highest BCUT2D eigenvalue weighted by Gasteiger charge is 2.30. The molecular weight excluding hydrogens is 472 g/mol. The van der Waals surface area contributed by atoms with Gasteiger partial charge in [0.2, 0.25) is 3.79 Å². The monoisotopic (exact) mass is 487 g/mol. The van der Waals surface area contributed by atoms with Gasteiger partial charge in [0.1, 0.15) is 17.6 Å². The quantitative estimate of drug-likeness (QED) is 0.381. The van der Waals surface area contributed by atoms with E-state index >= 15 is 0 Å². The largest absolute Gasteiger partial charge is 0.490 e. The summed E-state index contributed by atoms with van der Waals surface area (Å²) in [6, 6.07) is 6.30. The second-order valence-corrected chi connectivity index (χ2v) is 6.47. The van der Waals surface area contributed by atoms with Gasteiger partial charge in [-0.15, -0.1) is 0 Å². The lowest BCUT2D eigenvalue weighted by Crippen LogP contribution is -2.43. The first-order valence-electron chi connectivity index (χ1n) is 6.02. The second kappa shape index (κ2) is 7.07. The first-order chi connectivity index (χ1) is 9.06. The lowest BCUT2D eigenvalue weighted by molar-refractivity contribution is -0.111. The molecule has 0 heterocycles. The lowest BCUT2D eigenvalue weighted by atomic mass is 9.90. The van der Waals surface area contributed by atoms with Gasteiger partial charge in [-0.25, -0.2) is 0 Å². The molecule has 1 aliphatic rings. The molecule has 104 valence electrons. The van der Waals surface area contributed by atoms with Crippen molar-refractivity contribution in [1.82, 2.24) is 3.53 Å². The fraction of sp³-hybridized carbons (Fsp3) is 0.462. The molecule has 4 nitrogen and oxygen atoms in total. The second-order valence-electron chi connectivity index (χ2n) is 4.64. The van der Waals surface area contributed by atoms with Gasteiger partial charge in [0, 0.05) is 70.4 Å². The maximum Gasteiger partial charge on any atom is 0.229 e. The Hall–Kier alpha value is -0.0900. The molecule has 1 N–H and O–H groups in total. The predicted octanol–water partition coefficient (Wildman–Crippen LogP) is 3.18. The van der Waals surface area contributed by atoms with Gasteiger partial charge in [0.25, 0.3) is 0 Å². The fourth-order valence-electron chi connectivity index (χ4n) is 1.95. The van der Waals surface area contributed by atoms with Crippen LogP contribution in [0.3, 0.4) is 0 Å². The van der Waals surface area contributed by atoms with Crippen LogP contribution in [0.25, 0.3) is 0 Å². The summed E-state index contributed by atoms with van der Waals surface area (Å²) in [5.41, 5.74) is 1.07. The van der Waals surface area contributed by atoms with Gasteiger partial charge < -0.3 is 9.47 Å². The molecule has 0 aromatic heterocycles. The number of hydrogen-bond acceptors (Lipinski definition) is 4. The number of ether oxygens (including phenoxy) is 2. The van der Waals surface area contributed by atoms with Crippen LogP contribution in [0.5, 0.6) is 11.5 Å². The van der Waals surface area contributed by atoms with Crippen LogP contribution in [-0.4, -0.2) is 22.5 Å². The van der Waals surface area contributed by atoms with Gasteiger partial charge in [-0.3, -0.25) is 8.32 Å². The zero-order chi connectivity index (χ0) is 13.8. The minimum atomic E-state index is -0.0171. The summed E-state index contributed by atoms with van der Waals surface area (Å²) < 4.78 is 14.5. The van der Waals surface area contributed by atoms with E-state index in [2.05, 4.69) is 26.4 Å². The normalized spacial score (nSPS) is 21.6. The molecule has 1 aromatic carbocycles. The molecule has 0 amide bonds. The Kier molecular flexibility index (Phi) is 5.70. The molecule has 0 bridgehead atoms. The van der Waals surface area contributed by atoms with Crippen LogP contribution in [0, 0.1) is 6.92 Å². The van der Waals surface area contributed by atoms with Gasteiger partial charge in [0.15, 0.2) is 6.61 Å². The molecule has 0 radical (unpaired) electrons. The molecule has 0 saturated heterocycles. The van der Waals surface area contributed by atoms with Crippen molar-refractivity contribution >= 4 is 49.2 Å². The van der Waals surface area contributed by atoms with Crippen molar-refractivity contribution in [3.05, 3.63) is 23.8 Å². The van der Waals surface area contributed by atoms with Crippen LogP contribution in [0.1, 0.15) is 18.4 Å². The molecular formula is C13H15I2NO3. The van der Waals surface area contributed by atoms with E-state index in [-0.39, 0.29) is 16.5 Å². The average Bonchev–Trinajstić information content (AvgIpc) is 2.30. The minimum Gasteiger partial charge on any atom is -0.490 e. The number of nitrogens with one attached hydrogen (secondary N) is 1. The highest BCUT2D eigenvalue weighted by Crippen LogP contribution is 2.29. The zero-order valence-corrected chi connectivity index (χ0v) is 14.8. The third-order valence-electron chi connectivity index (χ3n) is 2.93. The number of rotatable bonds is 6. The Morgan fingerprint density at radius 3 is 2.68 bits per heavy atom. The molecule has 19 heavy (non-hydrogen) atoms. The molecule has 0 aliphatic heterocycles. The third-order valence-corrected chi connectivity index (χ3v) is 4.12. The minimum absolute atomic E-state index is 0.0171. The van der Waals surface area contributed by atoms with Crippen molar-refractivity contribution < 1.29 is 14.3 Å². The Morgan fingerprint density at radius 2 is 2.05 bits per heavy atom. The van der Waals surface area contributed by atoms with E-state index in [0.29, 0.717) is 11.8 Å². The SMILES string of the molecule is Cc1cc(OCC(=O)I)cc(OC2CC(NI)C2)c1. The number of hydrogen-bond donors (Lipinski definition) is 1. The molecule has 0 spiro atoms. The molecule has 1 aliphatic carbocycles. The molecule has 1 fully saturated rings. The highest BCUT2D eigenvalue weighted by molar-refractivity contribution is 14.1. The van der Waals surface area contributed by atoms with Crippen LogP contribution in [0.2, 0.25) is 0 Å². The highest BCUT2D eigenvalue weighted by atomic mass is 127. The average molecular weight is 487 g/mol. The topological polar surface area (TPSA) is 47.6 Å². The maximum absolute atomic E-state index is 10.9.